The van der Waals surface area contributed by atoms with Gasteiger partial charge in [-0.05, 0) is 40.2 Å². The van der Waals surface area contributed by atoms with E-state index in [-0.39, 0.29) is 5.91 Å². The first kappa shape index (κ1) is 14.6. The minimum atomic E-state index is -0.248. The molecule has 4 aromatic rings. The minimum absolute atomic E-state index is 0.248. The summed E-state index contributed by atoms with van der Waals surface area (Å²) in [6.07, 6.45) is 6.61. The average molecular weight is 383 g/mol. The Balaban J connectivity index is 1.63. The van der Waals surface area contributed by atoms with E-state index in [1.807, 2.05) is 24.3 Å². The van der Waals surface area contributed by atoms with Crippen LogP contribution in [0.1, 0.15) is 10.4 Å². The first-order chi connectivity index (χ1) is 11.7. The molecule has 4 rings (SSSR count). The molecule has 4 aromatic heterocycles. The van der Waals surface area contributed by atoms with Crippen molar-refractivity contribution in [3.05, 3.63) is 65.2 Å². The lowest BCUT2D eigenvalue weighted by atomic mass is 10.2. The van der Waals surface area contributed by atoms with Gasteiger partial charge in [-0.15, -0.1) is 0 Å². The molecule has 0 aliphatic carbocycles. The van der Waals surface area contributed by atoms with Crippen LogP contribution in [0.15, 0.2) is 59.6 Å². The number of H-pyrrole nitrogens is 1. The Hall–Kier alpha value is -3.00. The molecule has 0 aliphatic heterocycles. The fraction of sp³-hybridized carbons (Fsp3) is 0. The highest BCUT2D eigenvalue weighted by molar-refractivity contribution is 9.10. The quantitative estimate of drug-likeness (QED) is 0.569. The molecular formula is C16H11BrN6O. The van der Waals surface area contributed by atoms with E-state index < -0.39 is 0 Å². The summed E-state index contributed by atoms with van der Waals surface area (Å²) in [6, 6.07) is 9.13. The van der Waals surface area contributed by atoms with Crippen molar-refractivity contribution in [3.8, 4) is 11.4 Å². The molecule has 0 bridgehead atoms. The molecule has 0 saturated carbocycles. The normalized spacial score (nSPS) is 10.9. The van der Waals surface area contributed by atoms with Gasteiger partial charge >= 0.3 is 0 Å². The molecule has 0 radical (unpaired) electrons. The molecular weight excluding hydrogens is 372 g/mol. The maximum absolute atomic E-state index is 12.5. The van der Waals surface area contributed by atoms with E-state index in [0.29, 0.717) is 22.6 Å². The fourth-order valence-electron chi connectivity index (χ4n) is 2.37. The predicted octanol–water partition coefficient (Wildman–Crippen LogP) is 3.13. The summed E-state index contributed by atoms with van der Waals surface area (Å²) in [5.74, 6) is -0.248. The predicted molar refractivity (Wildman–Crippen MR) is 92.7 cm³/mol. The Morgan fingerprint density at radius 1 is 1.21 bits per heavy atom. The number of nitrogens with one attached hydrogen (secondary N) is 2. The summed E-state index contributed by atoms with van der Waals surface area (Å²) < 4.78 is 2.52. The number of carbonyl (C=O) groups excluding carboxylic acids is 1. The highest BCUT2D eigenvalue weighted by Crippen LogP contribution is 2.24. The van der Waals surface area contributed by atoms with Crippen LogP contribution in [0.25, 0.3) is 16.9 Å². The smallest absolute Gasteiger partial charge is 0.257 e. The molecule has 118 valence electrons. The summed E-state index contributed by atoms with van der Waals surface area (Å²) in [7, 11) is 0. The number of aromatic amines is 1. The van der Waals surface area contributed by atoms with Crippen LogP contribution < -0.4 is 5.32 Å². The number of rotatable bonds is 3. The van der Waals surface area contributed by atoms with Crippen LogP contribution in [0.4, 0.5) is 5.69 Å². The van der Waals surface area contributed by atoms with E-state index >= 15 is 0 Å². The van der Waals surface area contributed by atoms with E-state index in [9.17, 15) is 4.79 Å². The van der Waals surface area contributed by atoms with Gasteiger partial charge in [0.15, 0.2) is 0 Å². The van der Waals surface area contributed by atoms with E-state index in [4.69, 9.17) is 0 Å². The molecule has 0 spiro atoms. The van der Waals surface area contributed by atoms with Gasteiger partial charge in [0.25, 0.3) is 5.91 Å². The van der Waals surface area contributed by atoms with Gasteiger partial charge in [0.05, 0.1) is 39.3 Å². The number of pyridine rings is 2. The van der Waals surface area contributed by atoms with Crippen LogP contribution in [0.5, 0.6) is 0 Å². The first-order valence-electron chi connectivity index (χ1n) is 7.11. The van der Waals surface area contributed by atoms with Crippen molar-refractivity contribution in [1.82, 2.24) is 24.8 Å². The van der Waals surface area contributed by atoms with Crippen LogP contribution in [0.2, 0.25) is 0 Å². The summed E-state index contributed by atoms with van der Waals surface area (Å²) in [6.45, 7) is 0. The molecule has 0 unspecified atom stereocenters. The SMILES string of the molecule is O=C(Nc1cn[nH]c1-c1ccccn1)c1ccc2c(Br)cnn2c1. The largest absolute Gasteiger partial charge is 0.319 e. The molecule has 0 aliphatic rings. The van der Waals surface area contributed by atoms with Crippen molar-refractivity contribution >= 4 is 33.0 Å². The molecule has 24 heavy (non-hydrogen) atoms. The van der Waals surface area contributed by atoms with E-state index in [0.717, 1.165) is 9.99 Å². The van der Waals surface area contributed by atoms with Gasteiger partial charge in [0.1, 0.15) is 5.69 Å². The van der Waals surface area contributed by atoms with Gasteiger partial charge in [0.2, 0.25) is 0 Å². The Morgan fingerprint density at radius 2 is 2.12 bits per heavy atom. The summed E-state index contributed by atoms with van der Waals surface area (Å²) in [5, 5.41) is 13.9. The van der Waals surface area contributed by atoms with Crippen molar-refractivity contribution in [2.24, 2.45) is 0 Å². The van der Waals surface area contributed by atoms with Gasteiger partial charge in [-0.1, -0.05) is 6.07 Å². The van der Waals surface area contributed by atoms with Crippen molar-refractivity contribution in [3.63, 3.8) is 0 Å². The van der Waals surface area contributed by atoms with Crippen LogP contribution in [-0.4, -0.2) is 30.7 Å². The lowest BCUT2D eigenvalue weighted by Crippen LogP contribution is -2.13. The van der Waals surface area contributed by atoms with Gasteiger partial charge in [-0.2, -0.15) is 10.2 Å². The zero-order valence-electron chi connectivity index (χ0n) is 12.3. The van der Waals surface area contributed by atoms with Crippen molar-refractivity contribution in [1.29, 1.82) is 0 Å². The third-order valence-corrected chi connectivity index (χ3v) is 4.15. The highest BCUT2D eigenvalue weighted by atomic mass is 79.9. The van der Waals surface area contributed by atoms with E-state index in [2.05, 4.69) is 41.5 Å². The molecule has 8 heteroatoms. The number of hydrogen-bond donors (Lipinski definition) is 2. The second-order valence-corrected chi connectivity index (χ2v) is 5.92. The van der Waals surface area contributed by atoms with E-state index in [1.165, 1.54) is 0 Å². The van der Waals surface area contributed by atoms with Crippen LogP contribution in [0, 0.1) is 0 Å². The lowest BCUT2D eigenvalue weighted by molar-refractivity contribution is 0.102. The number of amides is 1. The van der Waals surface area contributed by atoms with Crippen molar-refractivity contribution < 1.29 is 4.79 Å². The molecule has 4 heterocycles. The third-order valence-electron chi connectivity index (χ3n) is 3.54. The highest BCUT2D eigenvalue weighted by Gasteiger charge is 2.14. The number of aromatic nitrogens is 5. The first-order valence-corrected chi connectivity index (χ1v) is 7.91. The van der Waals surface area contributed by atoms with Crippen LogP contribution in [-0.2, 0) is 0 Å². The maximum atomic E-state index is 12.5. The molecule has 0 fully saturated rings. The van der Waals surface area contributed by atoms with Crippen LogP contribution >= 0.6 is 15.9 Å². The summed E-state index contributed by atoms with van der Waals surface area (Å²) in [5.41, 5.74) is 3.32. The molecule has 2 N–H and O–H groups in total. The fourth-order valence-corrected chi connectivity index (χ4v) is 2.77. The molecule has 1 amide bonds. The standard InChI is InChI=1S/C16H11BrN6O/c17-11-7-20-23-9-10(4-5-14(11)23)16(24)21-13-8-19-22-15(13)12-3-1-2-6-18-12/h1-9H,(H,19,22)(H,21,24). The Bertz CT molecular complexity index is 1020. The average Bonchev–Trinajstić information content (AvgIpc) is 3.22. The van der Waals surface area contributed by atoms with Crippen molar-refractivity contribution in [2.45, 2.75) is 0 Å². The zero-order valence-corrected chi connectivity index (χ0v) is 13.9. The van der Waals surface area contributed by atoms with Crippen molar-refractivity contribution in [2.75, 3.05) is 5.32 Å². The number of nitrogens with zero attached hydrogens (tertiary/aromatic N) is 4. The molecule has 0 atom stereocenters. The zero-order chi connectivity index (χ0) is 16.5. The summed E-state index contributed by atoms with van der Waals surface area (Å²) >= 11 is 3.41. The Morgan fingerprint density at radius 3 is 2.96 bits per heavy atom. The topological polar surface area (TPSA) is 88.0 Å². The van der Waals surface area contributed by atoms with Gasteiger partial charge in [0, 0.05) is 12.4 Å². The second kappa shape index (κ2) is 5.89. The third kappa shape index (κ3) is 2.56. The van der Waals surface area contributed by atoms with Gasteiger partial charge in [-0.3, -0.25) is 14.9 Å². The number of hydrogen-bond acceptors (Lipinski definition) is 4. The minimum Gasteiger partial charge on any atom is -0.319 e. The lowest BCUT2D eigenvalue weighted by Gasteiger charge is -2.06. The van der Waals surface area contributed by atoms with E-state index in [1.54, 1.807) is 35.4 Å². The number of fused-ring (bicyclic) bond motifs is 1. The maximum Gasteiger partial charge on any atom is 0.257 e. The summed E-state index contributed by atoms with van der Waals surface area (Å²) in [4.78, 5) is 16.8. The molecule has 0 aromatic carbocycles. The number of halogens is 1. The number of carbonyl (C=O) groups is 1. The Labute approximate surface area is 144 Å². The van der Waals surface area contributed by atoms with Gasteiger partial charge in [-0.25, -0.2) is 4.52 Å². The molecule has 7 nitrogen and oxygen atoms in total. The monoisotopic (exact) mass is 382 g/mol. The van der Waals surface area contributed by atoms with Crippen LogP contribution in [0.3, 0.4) is 0 Å². The van der Waals surface area contributed by atoms with Gasteiger partial charge < -0.3 is 5.32 Å². The second-order valence-electron chi connectivity index (χ2n) is 5.07. The Kier molecular flexibility index (Phi) is 3.58. The number of anilines is 1. The molecule has 0 saturated heterocycles.